The minimum atomic E-state index is -0.804. The van der Waals surface area contributed by atoms with Crippen molar-refractivity contribution >= 4 is 17.9 Å². The van der Waals surface area contributed by atoms with Crippen LogP contribution in [0.5, 0.6) is 0 Å². The number of nitrogens with zero attached hydrogens (tertiary/aromatic N) is 1. The van der Waals surface area contributed by atoms with Gasteiger partial charge in [0.2, 0.25) is 11.8 Å². The van der Waals surface area contributed by atoms with Crippen molar-refractivity contribution in [2.45, 2.75) is 79.5 Å². The van der Waals surface area contributed by atoms with Crippen molar-refractivity contribution in [3.8, 4) is 0 Å². The standard InChI is InChI=1S/C23H37N3O4/c1-10-26(18(27)14-24-21(29)30-23(7,8)9)19(20(28)25-22(4,5)6)17-12-11-15(2)16(3)13-17/h11-13,19H,10,14H2,1-9H3,(H,24,29)(H,25,28). The van der Waals surface area contributed by atoms with Crippen LogP contribution in [-0.4, -0.2) is 47.0 Å². The van der Waals surface area contributed by atoms with Crippen LogP contribution >= 0.6 is 0 Å². The molecular formula is C23H37N3O4. The molecule has 30 heavy (non-hydrogen) atoms. The van der Waals surface area contributed by atoms with Crippen LogP contribution in [0.4, 0.5) is 4.79 Å². The summed E-state index contributed by atoms with van der Waals surface area (Å²) in [6, 6.07) is 4.94. The molecule has 1 aromatic rings. The predicted molar refractivity (Wildman–Crippen MR) is 118 cm³/mol. The molecule has 7 heteroatoms. The maximum absolute atomic E-state index is 13.2. The fourth-order valence-corrected chi connectivity index (χ4v) is 2.91. The third-order valence-electron chi connectivity index (χ3n) is 4.35. The maximum atomic E-state index is 13.2. The molecule has 1 aromatic carbocycles. The van der Waals surface area contributed by atoms with Crippen LogP contribution in [0.3, 0.4) is 0 Å². The molecule has 0 bridgehead atoms. The molecule has 0 radical (unpaired) electrons. The minimum absolute atomic E-state index is 0.257. The number of amides is 3. The second kappa shape index (κ2) is 9.96. The Hall–Kier alpha value is -2.57. The van der Waals surface area contributed by atoms with Gasteiger partial charge in [-0.2, -0.15) is 0 Å². The van der Waals surface area contributed by atoms with Gasteiger partial charge in [-0.15, -0.1) is 0 Å². The number of carbonyl (C=O) groups excluding carboxylic acids is 3. The van der Waals surface area contributed by atoms with E-state index in [9.17, 15) is 14.4 Å². The highest BCUT2D eigenvalue weighted by molar-refractivity contribution is 5.90. The van der Waals surface area contributed by atoms with Gasteiger partial charge in [-0.25, -0.2) is 4.79 Å². The van der Waals surface area contributed by atoms with Crippen molar-refractivity contribution in [1.29, 1.82) is 0 Å². The number of benzene rings is 1. The van der Waals surface area contributed by atoms with E-state index in [0.717, 1.165) is 16.7 Å². The predicted octanol–water partition coefficient (Wildman–Crippen LogP) is 3.63. The molecule has 1 atom stereocenters. The van der Waals surface area contributed by atoms with Crippen molar-refractivity contribution in [3.05, 3.63) is 34.9 Å². The van der Waals surface area contributed by atoms with E-state index >= 15 is 0 Å². The second-order valence-electron chi connectivity index (χ2n) is 9.52. The number of hydrogen-bond acceptors (Lipinski definition) is 4. The van der Waals surface area contributed by atoms with Gasteiger partial charge in [-0.05, 0) is 79.0 Å². The van der Waals surface area contributed by atoms with E-state index < -0.39 is 23.3 Å². The van der Waals surface area contributed by atoms with E-state index in [1.807, 2.05) is 59.7 Å². The molecule has 0 heterocycles. The van der Waals surface area contributed by atoms with E-state index in [0.29, 0.717) is 6.54 Å². The number of likely N-dealkylation sites (N-methyl/N-ethyl adjacent to an activating group) is 1. The minimum Gasteiger partial charge on any atom is -0.444 e. The highest BCUT2D eigenvalue weighted by Crippen LogP contribution is 2.24. The monoisotopic (exact) mass is 419 g/mol. The van der Waals surface area contributed by atoms with Gasteiger partial charge in [0.15, 0.2) is 0 Å². The lowest BCUT2D eigenvalue weighted by Gasteiger charge is -2.33. The molecule has 168 valence electrons. The number of nitrogens with one attached hydrogen (secondary N) is 2. The molecule has 2 N–H and O–H groups in total. The third kappa shape index (κ3) is 8.05. The molecule has 7 nitrogen and oxygen atoms in total. The van der Waals surface area contributed by atoms with E-state index in [1.54, 1.807) is 20.8 Å². The van der Waals surface area contributed by atoms with Gasteiger partial charge in [0.05, 0.1) is 0 Å². The first-order valence-corrected chi connectivity index (χ1v) is 10.3. The number of carbonyl (C=O) groups is 3. The first-order chi connectivity index (χ1) is 13.6. The van der Waals surface area contributed by atoms with Crippen LogP contribution in [0.2, 0.25) is 0 Å². The lowest BCUT2D eigenvalue weighted by molar-refractivity contribution is -0.140. The van der Waals surface area contributed by atoms with E-state index in [1.165, 1.54) is 4.90 Å². The molecular weight excluding hydrogens is 382 g/mol. The molecule has 0 aromatic heterocycles. The van der Waals surface area contributed by atoms with Crippen molar-refractivity contribution in [2.75, 3.05) is 13.1 Å². The summed E-state index contributed by atoms with van der Waals surface area (Å²) in [4.78, 5) is 39.5. The Morgan fingerprint density at radius 1 is 1.03 bits per heavy atom. The molecule has 1 unspecified atom stereocenters. The summed E-state index contributed by atoms with van der Waals surface area (Å²) in [5.41, 5.74) is 1.76. The van der Waals surface area contributed by atoms with Crippen LogP contribution in [0.1, 0.15) is 71.2 Å². The van der Waals surface area contributed by atoms with Crippen LogP contribution in [-0.2, 0) is 14.3 Å². The second-order valence-corrected chi connectivity index (χ2v) is 9.52. The SMILES string of the molecule is CCN(C(=O)CNC(=O)OC(C)(C)C)C(C(=O)NC(C)(C)C)c1ccc(C)c(C)c1. The van der Waals surface area contributed by atoms with Crippen molar-refractivity contribution in [2.24, 2.45) is 0 Å². The fraction of sp³-hybridized carbons (Fsp3) is 0.609. The number of alkyl carbamates (subject to hydrolysis) is 1. The first kappa shape index (κ1) is 25.5. The first-order valence-electron chi connectivity index (χ1n) is 10.3. The van der Waals surface area contributed by atoms with E-state index in [-0.39, 0.29) is 18.4 Å². The topological polar surface area (TPSA) is 87.7 Å². The van der Waals surface area contributed by atoms with Gasteiger partial charge >= 0.3 is 6.09 Å². The molecule has 0 spiro atoms. The Kier molecular flexibility index (Phi) is 8.45. The smallest absolute Gasteiger partial charge is 0.408 e. The van der Waals surface area contributed by atoms with Gasteiger partial charge in [-0.3, -0.25) is 9.59 Å². The number of ether oxygens (including phenoxy) is 1. The molecule has 1 rings (SSSR count). The number of hydrogen-bond donors (Lipinski definition) is 2. The van der Waals surface area contributed by atoms with Crippen LogP contribution in [0.25, 0.3) is 0 Å². The molecule has 0 aliphatic rings. The summed E-state index contributed by atoms with van der Waals surface area (Å²) in [6.45, 7) is 16.8. The van der Waals surface area contributed by atoms with Crippen molar-refractivity contribution < 1.29 is 19.1 Å². The third-order valence-corrected chi connectivity index (χ3v) is 4.35. The fourth-order valence-electron chi connectivity index (χ4n) is 2.91. The maximum Gasteiger partial charge on any atom is 0.408 e. The van der Waals surface area contributed by atoms with Gasteiger partial charge in [0.1, 0.15) is 18.2 Å². The molecule has 0 saturated carbocycles. The molecule has 0 saturated heterocycles. The lowest BCUT2D eigenvalue weighted by Crippen LogP contribution is -2.51. The van der Waals surface area contributed by atoms with E-state index in [4.69, 9.17) is 4.74 Å². The van der Waals surface area contributed by atoms with Crippen LogP contribution < -0.4 is 10.6 Å². The van der Waals surface area contributed by atoms with Gasteiger partial charge in [-0.1, -0.05) is 18.2 Å². The Morgan fingerprint density at radius 3 is 2.10 bits per heavy atom. The zero-order valence-corrected chi connectivity index (χ0v) is 19.8. The number of aryl methyl sites for hydroxylation is 2. The highest BCUT2D eigenvalue weighted by atomic mass is 16.6. The largest absolute Gasteiger partial charge is 0.444 e. The molecule has 0 aliphatic heterocycles. The lowest BCUT2D eigenvalue weighted by atomic mass is 9.98. The number of rotatable bonds is 6. The summed E-state index contributed by atoms with van der Waals surface area (Å²) < 4.78 is 5.19. The van der Waals surface area contributed by atoms with Gasteiger partial charge < -0.3 is 20.3 Å². The quantitative estimate of drug-likeness (QED) is 0.737. The highest BCUT2D eigenvalue weighted by Gasteiger charge is 2.32. The summed E-state index contributed by atoms with van der Waals surface area (Å²) >= 11 is 0. The Morgan fingerprint density at radius 2 is 1.63 bits per heavy atom. The molecule has 3 amide bonds. The average Bonchev–Trinajstić information content (AvgIpc) is 2.57. The zero-order valence-electron chi connectivity index (χ0n) is 19.8. The summed E-state index contributed by atoms with van der Waals surface area (Å²) in [7, 11) is 0. The Balaban J connectivity index is 3.15. The summed E-state index contributed by atoms with van der Waals surface area (Å²) in [5, 5.41) is 5.46. The Labute approximate surface area is 180 Å². The molecule has 0 fully saturated rings. The van der Waals surface area contributed by atoms with Crippen LogP contribution in [0.15, 0.2) is 18.2 Å². The van der Waals surface area contributed by atoms with Crippen LogP contribution in [0, 0.1) is 13.8 Å². The summed E-state index contributed by atoms with van der Waals surface area (Å²) in [5.74, 6) is -0.631. The van der Waals surface area contributed by atoms with Crippen molar-refractivity contribution in [3.63, 3.8) is 0 Å². The van der Waals surface area contributed by atoms with Crippen molar-refractivity contribution in [1.82, 2.24) is 15.5 Å². The summed E-state index contributed by atoms with van der Waals surface area (Å²) in [6.07, 6.45) is -0.672. The molecule has 0 aliphatic carbocycles. The van der Waals surface area contributed by atoms with Gasteiger partial charge in [0, 0.05) is 12.1 Å². The average molecular weight is 420 g/mol. The van der Waals surface area contributed by atoms with E-state index in [2.05, 4.69) is 10.6 Å². The van der Waals surface area contributed by atoms with Gasteiger partial charge in [0.25, 0.3) is 0 Å². The normalized spacial score (nSPS) is 12.7. The zero-order chi connectivity index (χ0) is 23.3. The Bertz CT molecular complexity index is 776.